The Morgan fingerprint density at radius 2 is 2.19 bits per heavy atom. The van der Waals surface area contributed by atoms with E-state index >= 15 is 0 Å². The van der Waals surface area contributed by atoms with Gasteiger partial charge in [-0.15, -0.1) is 0 Å². The number of pyridine rings is 1. The summed E-state index contributed by atoms with van der Waals surface area (Å²) in [4.78, 5) is 30.5. The molecule has 1 fully saturated rings. The van der Waals surface area contributed by atoms with E-state index in [1.165, 1.54) is 0 Å². The van der Waals surface area contributed by atoms with Crippen LogP contribution in [-0.4, -0.2) is 41.0 Å². The number of carbonyl (C=O) groups excluding carboxylic acids is 2. The molecule has 7 nitrogen and oxygen atoms in total. The number of nitrogens with one attached hydrogen (secondary N) is 2. The van der Waals surface area contributed by atoms with Crippen molar-refractivity contribution in [3.05, 3.63) is 65.6 Å². The van der Waals surface area contributed by atoms with Gasteiger partial charge in [0.25, 0.3) is 5.91 Å². The lowest BCUT2D eigenvalue weighted by Gasteiger charge is -2.17. The fourth-order valence-electron chi connectivity index (χ4n) is 3.31. The molecule has 2 N–H and O–H groups in total. The molecule has 4 rings (SSSR count). The quantitative estimate of drug-likeness (QED) is 0.729. The smallest absolute Gasteiger partial charge is 0.322 e. The molecule has 1 saturated heterocycles. The lowest BCUT2D eigenvalue weighted by molar-refractivity contribution is 0.0954. The van der Waals surface area contributed by atoms with Gasteiger partial charge in [-0.3, -0.25) is 9.69 Å². The maximum absolute atomic E-state index is 12.4. The predicted molar refractivity (Wildman–Crippen MR) is 103 cm³/mol. The van der Waals surface area contributed by atoms with E-state index in [4.69, 9.17) is 0 Å². The first-order chi connectivity index (χ1) is 13.1. The number of amides is 3. The Bertz CT molecular complexity index is 978. The Labute approximate surface area is 157 Å². The average Bonchev–Trinajstić information content (AvgIpc) is 3.27. The number of urea groups is 1. The third kappa shape index (κ3) is 3.48. The molecule has 0 aliphatic carbocycles. The molecule has 3 heterocycles. The standard InChI is InChI=1S/C20H21N5O2/c1-14-12-15(5-6-17(14)25-11-9-22-20(25)27)19(26)21-8-7-16-13-24-10-3-2-4-18(24)23-16/h2-6,10,12-13H,7-9,11H2,1H3,(H,21,26)(H,22,27). The van der Waals surface area contributed by atoms with Gasteiger partial charge in [-0.25, -0.2) is 9.78 Å². The average molecular weight is 363 g/mol. The summed E-state index contributed by atoms with van der Waals surface area (Å²) in [7, 11) is 0. The number of nitrogens with zero attached hydrogens (tertiary/aromatic N) is 3. The first-order valence-corrected chi connectivity index (χ1v) is 8.98. The van der Waals surface area contributed by atoms with E-state index in [0.717, 1.165) is 22.6 Å². The molecule has 0 bridgehead atoms. The molecule has 0 saturated carbocycles. The highest BCUT2D eigenvalue weighted by atomic mass is 16.2. The number of aryl methyl sites for hydroxylation is 1. The second-order valence-electron chi connectivity index (χ2n) is 6.59. The van der Waals surface area contributed by atoms with Crippen LogP contribution in [0.4, 0.5) is 10.5 Å². The van der Waals surface area contributed by atoms with Gasteiger partial charge in [0.1, 0.15) is 5.65 Å². The summed E-state index contributed by atoms with van der Waals surface area (Å²) in [6.07, 6.45) is 4.59. The van der Waals surface area contributed by atoms with Crippen molar-refractivity contribution in [2.45, 2.75) is 13.3 Å². The molecule has 0 radical (unpaired) electrons. The van der Waals surface area contributed by atoms with Crippen molar-refractivity contribution in [2.24, 2.45) is 0 Å². The number of carbonyl (C=O) groups is 2. The van der Waals surface area contributed by atoms with Crippen molar-refractivity contribution >= 4 is 23.3 Å². The number of benzene rings is 1. The summed E-state index contributed by atoms with van der Waals surface area (Å²) >= 11 is 0. The highest BCUT2D eigenvalue weighted by Gasteiger charge is 2.22. The van der Waals surface area contributed by atoms with E-state index in [-0.39, 0.29) is 11.9 Å². The zero-order valence-corrected chi connectivity index (χ0v) is 15.1. The molecule has 0 unspecified atom stereocenters. The molecule has 138 valence electrons. The number of aromatic nitrogens is 2. The van der Waals surface area contributed by atoms with Gasteiger partial charge >= 0.3 is 6.03 Å². The van der Waals surface area contributed by atoms with E-state index in [1.54, 1.807) is 11.0 Å². The van der Waals surface area contributed by atoms with Crippen LogP contribution in [0.3, 0.4) is 0 Å². The number of hydrogen-bond acceptors (Lipinski definition) is 3. The van der Waals surface area contributed by atoms with Crippen molar-refractivity contribution in [2.75, 3.05) is 24.5 Å². The third-order valence-electron chi connectivity index (χ3n) is 4.69. The zero-order chi connectivity index (χ0) is 18.8. The molecule has 1 aliphatic rings. The van der Waals surface area contributed by atoms with Crippen LogP contribution in [0.5, 0.6) is 0 Å². The van der Waals surface area contributed by atoms with Crippen LogP contribution in [-0.2, 0) is 6.42 Å². The van der Waals surface area contributed by atoms with Gasteiger partial charge in [0.15, 0.2) is 0 Å². The minimum absolute atomic E-state index is 0.0947. The molecule has 7 heteroatoms. The van der Waals surface area contributed by atoms with E-state index in [0.29, 0.717) is 31.6 Å². The van der Waals surface area contributed by atoms with E-state index < -0.39 is 0 Å². The summed E-state index contributed by atoms with van der Waals surface area (Å²) < 4.78 is 1.97. The molecule has 1 aromatic carbocycles. The van der Waals surface area contributed by atoms with Crippen molar-refractivity contribution in [3.8, 4) is 0 Å². The summed E-state index contributed by atoms with van der Waals surface area (Å²) in [5, 5.41) is 5.72. The molecule has 27 heavy (non-hydrogen) atoms. The summed E-state index contributed by atoms with van der Waals surface area (Å²) in [6, 6.07) is 11.2. The molecule has 3 aromatic rings. The predicted octanol–water partition coefficient (Wildman–Crippen LogP) is 2.14. The Morgan fingerprint density at radius 1 is 1.30 bits per heavy atom. The number of hydrogen-bond donors (Lipinski definition) is 2. The van der Waals surface area contributed by atoms with E-state index in [9.17, 15) is 9.59 Å². The highest BCUT2D eigenvalue weighted by Crippen LogP contribution is 2.22. The number of rotatable bonds is 5. The highest BCUT2D eigenvalue weighted by molar-refractivity contribution is 5.97. The Hall–Kier alpha value is -3.35. The van der Waals surface area contributed by atoms with Gasteiger partial charge in [0.2, 0.25) is 0 Å². The van der Waals surface area contributed by atoms with Crippen LogP contribution in [0.1, 0.15) is 21.6 Å². The van der Waals surface area contributed by atoms with Crippen molar-refractivity contribution in [3.63, 3.8) is 0 Å². The molecule has 0 spiro atoms. The number of fused-ring (bicyclic) bond motifs is 1. The minimum Gasteiger partial charge on any atom is -0.352 e. The fraction of sp³-hybridized carbons (Fsp3) is 0.250. The number of anilines is 1. The third-order valence-corrected chi connectivity index (χ3v) is 4.69. The van der Waals surface area contributed by atoms with Gasteiger partial charge in [-0.1, -0.05) is 6.07 Å². The van der Waals surface area contributed by atoms with Crippen molar-refractivity contribution in [1.29, 1.82) is 0 Å². The largest absolute Gasteiger partial charge is 0.352 e. The summed E-state index contributed by atoms with van der Waals surface area (Å²) in [6.45, 7) is 3.71. The zero-order valence-electron chi connectivity index (χ0n) is 15.1. The van der Waals surface area contributed by atoms with E-state index in [2.05, 4.69) is 15.6 Å². The van der Waals surface area contributed by atoms with Gasteiger partial charge < -0.3 is 15.0 Å². The van der Waals surface area contributed by atoms with Gasteiger partial charge in [0.05, 0.1) is 5.69 Å². The van der Waals surface area contributed by atoms with Crippen molar-refractivity contribution in [1.82, 2.24) is 20.0 Å². The fourth-order valence-corrected chi connectivity index (χ4v) is 3.31. The van der Waals surface area contributed by atoms with Gasteiger partial charge in [-0.05, 0) is 42.8 Å². The molecular formula is C20H21N5O2. The maximum Gasteiger partial charge on any atom is 0.322 e. The first kappa shape index (κ1) is 17.1. The van der Waals surface area contributed by atoms with Crippen LogP contribution in [0.2, 0.25) is 0 Å². The molecule has 1 aliphatic heterocycles. The Morgan fingerprint density at radius 3 is 2.93 bits per heavy atom. The van der Waals surface area contributed by atoms with E-state index in [1.807, 2.05) is 54.0 Å². The first-order valence-electron chi connectivity index (χ1n) is 8.98. The van der Waals surface area contributed by atoms with Crippen LogP contribution < -0.4 is 15.5 Å². The molecule has 3 amide bonds. The molecule has 2 aromatic heterocycles. The number of imidazole rings is 1. The van der Waals surface area contributed by atoms with Gasteiger partial charge in [0, 0.05) is 49.7 Å². The molecular weight excluding hydrogens is 342 g/mol. The van der Waals surface area contributed by atoms with Crippen molar-refractivity contribution < 1.29 is 9.59 Å². The second kappa shape index (κ2) is 7.11. The van der Waals surface area contributed by atoms with Crippen LogP contribution in [0.15, 0.2) is 48.8 Å². The second-order valence-corrected chi connectivity index (χ2v) is 6.59. The monoisotopic (exact) mass is 363 g/mol. The summed E-state index contributed by atoms with van der Waals surface area (Å²) in [5.74, 6) is -0.126. The maximum atomic E-state index is 12.4. The Kier molecular flexibility index (Phi) is 4.50. The van der Waals surface area contributed by atoms with Crippen LogP contribution >= 0.6 is 0 Å². The minimum atomic E-state index is -0.126. The van der Waals surface area contributed by atoms with Crippen LogP contribution in [0.25, 0.3) is 5.65 Å². The van der Waals surface area contributed by atoms with Gasteiger partial charge in [-0.2, -0.15) is 0 Å². The normalized spacial score (nSPS) is 13.8. The lowest BCUT2D eigenvalue weighted by atomic mass is 10.1. The summed E-state index contributed by atoms with van der Waals surface area (Å²) in [5.41, 5.74) is 4.17. The lowest BCUT2D eigenvalue weighted by Crippen LogP contribution is -2.29. The SMILES string of the molecule is Cc1cc(C(=O)NCCc2cn3ccccc3n2)ccc1N1CCNC1=O. The van der Waals surface area contributed by atoms with Crippen LogP contribution in [0, 0.1) is 6.92 Å². The molecule has 0 atom stereocenters. The topological polar surface area (TPSA) is 78.7 Å². The Balaban J connectivity index is 1.38.